The molecule has 0 aliphatic heterocycles. The fourth-order valence-corrected chi connectivity index (χ4v) is 3.45. The van der Waals surface area contributed by atoms with E-state index in [1.165, 1.54) is 11.3 Å². The molecule has 0 aliphatic rings. The Bertz CT molecular complexity index is 747. The van der Waals surface area contributed by atoms with Crippen LogP contribution in [0.15, 0.2) is 23.6 Å². The van der Waals surface area contributed by atoms with E-state index in [0.29, 0.717) is 41.3 Å². The number of halogens is 2. The Kier molecular flexibility index (Phi) is 7.74. The Labute approximate surface area is 169 Å². The Hall–Kier alpha value is -1.30. The maximum Gasteiger partial charge on any atom is 0.223 e. The molecular weight excluding hydrogens is 391 g/mol. The number of aromatic nitrogens is 1. The van der Waals surface area contributed by atoms with Crippen LogP contribution in [-0.2, 0) is 17.9 Å². The second kappa shape index (κ2) is 9.58. The van der Waals surface area contributed by atoms with E-state index in [2.05, 4.69) is 18.8 Å². The molecule has 0 saturated carbocycles. The molecule has 0 bridgehead atoms. The normalized spacial score (nSPS) is 11.2. The molecule has 0 N–H and O–H groups in total. The number of benzene rings is 1. The predicted octanol–water partition coefficient (Wildman–Crippen LogP) is 5.81. The van der Waals surface area contributed by atoms with Crippen LogP contribution in [0, 0.1) is 5.92 Å². The number of thiazole rings is 1. The van der Waals surface area contributed by atoms with Gasteiger partial charge >= 0.3 is 0 Å². The lowest BCUT2D eigenvalue weighted by molar-refractivity contribution is -0.134. The first kappa shape index (κ1) is 21.0. The van der Waals surface area contributed by atoms with Crippen molar-refractivity contribution in [1.29, 1.82) is 0 Å². The average Bonchev–Trinajstić information content (AvgIpc) is 3.00. The van der Waals surface area contributed by atoms with Crippen LogP contribution in [0.25, 0.3) is 0 Å². The summed E-state index contributed by atoms with van der Waals surface area (Å²) in [4.78, 5) is 18.9. The molecule has 26 heavy (non-hydrogen) atoms. The summed E-state index contributed by atoms with van der Waals surface area (Å²) in [6.45, 7) is 8.97. The van der Waals surface area contributed by atoms with Gasteiger partial charge in [0, 0.05) is 28.9 Å². The molecule has 4 nitrogen and oxygen atoms in total. The molecular formula is C19H24Cl2N2O2S. The van der Waals surface area contributed by atoms with Crippen LogP contribution < -0.4 is 4.74 Å². The van der Waals surface area contributed by atoms with Gasteiger partial charge in [-0.05, 0) is 31.9 Å². The lowest BCUT2D eigenvalue weighted by Crippen LogP contribution is -2.37. The summed E-state index contributed by atoms with van der Waals surface area (Å²) >= 11 is 13.6. The number of ether oxygens (including phenoxy) is 1. The first-order chi connectivity index (χ1) is 12.3. The van der Waals surface area contributed by atoms with Crippen molar-refractivity contribution in [2.75, 3.05) is 0 Å². The highest BCUT2D eigenvalue weighted by Gasteiger charge is 2.19. The summed E-state index contributed by atoms with van der Waals surface area (Å²) in [6, 6.07) is 5.23. The molecule has 0 unspecified atom stereocenters. The Balaban J connectivity index is 1.99. The summed E-state index contributed by atoms with van der Waals surface area (Å²) in [7, 11) is 0. The number of carbonyl (C=O) groups excluding carboxylic acids is 1. The molecule has 0 atom stereocenters. The number of nitrogens with zero attached hydrogens (tertiary/aromatic N) is 2. The summed E-state index contributed by atoms with van der Waals surface area (Å²) < 4.78 is 5.72. The van der Waals surface area contributed by atoms with Crippen molar-refractivity contribution >= 4 is 40.4 Å². The lowest BCUT2D eigenvalue weighted by Gasteiger charge is -2.26. The van der Waals surface area contributed by atoms with Crippen molar-refractivity contribution in [2.45, 2.75) is 53.3 Å². The molecule has 2 rings (SSSR count). The standard InChI is InChI=1S/C19H24Cl2N2O2S/c1-12(2)7-19(24)23(13(3)4)9-15-11-26-18(22-15)10-25-17-8-14(20)5-6-16(17)21/h5-6,8,11-13H,7,9-10H2,1-4H3. The third-order valence-corrected chi connectivity index (χ3v) is 5.12. The molecule has 0 radical (unpaired) electrons. The molecule has 7 heteroatoms. The molecule has 2 aromatic rings. The van der Waals surface area contributed by atoms with Gasteiger partial charge < -0.3 is 9.64 Å². The van der Waals surface area contributed by atoms with Gasteiger partial charge in [0.15, 0.2) is 0 Å². The minimum atomic E-state index is 0.132. The van der Waals surface area contributed by atoms with Crippen LogP contribution in [0.2, 0.25) is 10.0 Å². The second-order valence-electron chi connectivity index (χ2n) is 6.81. The van der Waals surface area contributed by atoms with Crippen molar-refractivity contribution in [3.8, 4) is 5.75 Å². The zero-order chi connectivity index (χ0) is 19.3. The minimum Gasteiger partial charge on any atom is -0.485 e. The van der Waals surface area contributed by atoms with Crippen LogP contribution in [0.4, 0.5) is 0 Å². The predicted molar refractivity (Wildman–Crippen MR) is 108 cm³/mol. The highest BCUT2D eigenvalue weighted by molar-refractivity contribution is 7.09. The molecule has 0 spiro atoms. The van der Waals surface area contributed by atoms with Gasteiger partial charge in [-0.1, -0.05) is 37.0 Å². The fraction of sp³-hybridized carbons (Fsp3) is 0.474. The highest BCUT2D eigenvalue weighted by Crippen LogP contribution is 2.28. The SMILES string of the molecule is CC(C)CC(=O)N(Cc1csc(COc2cc(Cl)ccc2Cl)n1)C(C)C. The smallest absolute Gasteiger partial charge is 0.223 e. The van der Waals surface area contributed by atoms with Crippen LogP contribution in [-0.4, -0.2) is 21.8 Å². The monoisotopic (exact) mass is 414 g/mol. The first-order valence-corrected chi connectivity index (χ1v) is 10.2. The van der Waals surface area contributed by atoms with Crippen molar-refractivity contribution < 1.29 is 9.53 Å². The summed E-state index contributed by atoms with van der Waals surface area (Å²) in [5.41, 5.74) is 0.872. The lowest BCUT2D eigenvalue weighted by atomic mass is 10.1. The highest BCUT2D eigenvalue weighted by atomic mass is 35.5. The van der Waals surface area contributed by atoms with E-state index in [9.17, 15) is 4.79 Å². The van der Waals surface area contributed by atoms with Gasteiger partial charge in [-0.3, -0.25) is 4.79 Å². The topological polar surface area (TPSA) is 42.4 Å². The molecule has 0 saturated heterocycles. The molecule has 1 amide bonds. The fourth-order valence-electron chi connectivity index (χ4n) is 2.41. The van der Waals surface area contributed by atoms with Gasteiger partial charge in [-0.2, -0.15) is 0 Å². The van der Waals surface area contributed by atoms with Crippen molar-refractivity contribution in [3.63, 3.8) is 0 Å². The third-order valence-electron chi connectivity index (χ3n) is 3.70. The van der Waals surface area contributed by atoms with E-state index in [-0.39, 0.29) is 11.9 Å². The first-order valence-electron chi connectivity index (χ1n) is 8.56. The molecule has 1 heterocycles. The number of hydrogen-bond acceptors (Lipinski definition) is 4. The van der Waals surface area contributed by atoms with Crippen molar-refractivity contribution in [2.24, 2.45) is 5.92 Å². The van der Waals surface area contributed by atoms with Gasteiger partial charge in [0.05, 0.1) is 17.3 Å². The molecule has 1 aromatic heterocycles. The number of carbonyl (C=O) groups is 1. The van der Waals surface area contributed by atoms with Crippen molar-refractivity contribution in [3.05, 3.63) is 44.3 Å². The van der Waals surface area contributed by atoms with Gasteiger partial charge in [0.2, 0.25) is 5.91 Å². The largest absolute Gasteiger partial charge is 0.485 e. The van der Waals surface area contributed by atoms with Crippen molar-refractivity contribution in [1.82, 2.24) is 9.88 Å². The summed E-state index contributed by atoms with van der Waals surface area (Å²) in [5, 5.41) is 3.88. The Morgan fingerprint density at radius 3 is 2.65 bits per heavy atom. The zero-order valence-electron chi connectivity index (χ0n) is 15.5. The number of hydrogen-bond donors (Lipinski definition) is 0. The summed E-state index contributed by atoms with van der Waals surface area (Å²) in [6.07, 6.45) is 0.547. The maximum atomic E-state index is 12.4. The van der Waals surface area contributed by atoms with E-state index in [4.69, 9.17) is 27.9 Å². The van der Waals surface area contributed by atoms with Gasteiger partial charge in [0.25, 0.3) is 0 Å². The third kappa shape index (κ3) is 6.15. The van der Waals surface area contributed by atoms with Crippen LogP contribution in [0.5, 0.6) is 5.75 Å². The van der Waals surface area contributed by atoms with E-state index in [0.717, 1.165) is 10.7 Å². The molecule has 142 valence electrons. The molecule has 0 aliphatic carbocycles. The van der Waals surface area contributed by atoms with Gasteiger partial charge in [-0.25, -0.2) is 4.98 Å². The summed E-state index contributed by atoms with van der Waals surface area (Å²) in [5.74, 6) is 1.03. The number of rotatable bonds is 8. The second-order valence-corrected chi connectivity index (χ2v) is 8.60. The van der Waals surface area contributed by atoms with Crippen LogP contribution in [0.1, 0.15) is 44.8 Å². The molecule has 0 fully saturated rings. The minimum absolute atomic E-state index is 0.132. The van der Waals surface area contributed by atoms with Crippen LogP contribution in [0.3, 0.4) is 0 Å². The number of amides is 1. The zero-order valence-corrected chi connectivity index (χ0v) is 17.8. The maximum absolute atomic E-state index is 12.4. The van der Waals surface area contributed by atoms with E-state index in [1.807, 2.05) is 24.1 Å². The van der Waals surface area contributed by atoms with E-state index < -0.39 is 0 Å². The van der Waals surface area contributed by atoms with Gasteiger partial charge in [-0.15, -0.1) is 11.3 Å². The average molecular weight is 415 g/mol. The van der Waals surface area contributed by atoms with Gasteiger partial charge in [0.1, 0.15) is 17.4 Å². The Morgan fingerprint density at radius 2 is 2.00 bits per heavy atom. The quantitative estimate of drug-likeness (QED) is 0.546. The van der Waals surface area contributed by atoms with E-state index in [1.54, 1.807) is 18.2 Å². The molecule has 1 aromatic carbocycles. The Morgan fingerprint density at radius 1 is 1.27 bits per heavy atom. The van der Waals surface area contributed by atoms with E-state index >= 15 is 0 Å². The van der Waals surface area contributed by atoms with Crippen LogP contribution >= 0.6 is 34.5 Å².